The van der Waals surface area contributed by atoms with E-state index in [0.717, 1.165) is 58.5 Å². The van der Waals surface area contributed by atoms with E-state index in [0.29, 0.717) is 5.56 Å². The van der Waals surface area contributed by atoms with E-state index in [1.807, 2.05) is 24.5 Å². The van der Waals surface area contributed by atoms with Crippen LogP contribution in [-0.4, -0.2) is 15.8 Å². The number of fused-ring (bicyclic) bond motifs is 1. The normalized spacial score (nSPS) is 11.2. The Labute approximate surface area is 251 Å². The lowest BCUT2D eigenvalue weighted by atomic mass is 10.0. The molecule has 0 aliphatic heterocycles. The molecule has 4 nitrogen and oxygen atoms in total. The first kappa shape index (κ1) is 29.3. The van der Waals surface area contributed by atoms with E-state index in [-0.39, 0.29) is 0 Å². The fourth-order valence-electron chi connectivity index (χ4n) is 5.79. The van der Waals surface area contributed by atoms with Crippen LogP contribution in [0.15, 0.2) is 103 Å². The van der Waals surface area contributed by atoms with E-state index in [4.69, 9.17) is 4.98 Å². The lowest BCUT2D eigenvalue weighted by molar-refractivity contribution is 0.112. The van der Waals surface area contributed by atoms with Crippen LogP contribution in [0.2, 0.25) is 0 Å². The van der Waals surface area contributed by atoms with Crippen molar-refractivity contribution in [3.63, 3.8) is 0 Å². The van der Waals surface area contributed by atoms with E-state index in [9.17, 15) is 4.79 Å². The molecule has 0 saturated heterocycles. The van der Waals surface area contributed by atoms with Crippen LogP contribution in [0.25, 0.3) is 22.2 Å². The maximum absolute atomic E-state index is 12.0. The maximum Gasteiger partial charge on any atom is 0.152 e. The van der Waals surface area contributed by atoms with Crippen molar-refractivity contribution in [2.45, 2.75) is 77.7 Å². The van der Waals surface area contributed by atoms with Gasteiger partial charge < -0.3 is 9.47 Å². The van der Waals surface area contributed by atoms with Crippen molar-refractivity contribution >= 4 is 34.4 Å². The molecule has 0 unspecified atom stereocenters. The zero-order valence-corrected chi connectivity index (χ0v) is 24.9. The monoisotopic (exact) mass is 557 g/mol. The average molecular weight is 558 g/mol. The third-order valence-electron chi connectivity index (χ3n) is 8.11. The van der Waals surface area contributed by atoms with E-state index in [1.165, 1.54) is 57.8 Å². The Balaban J connectivity index is 1.26. The number of para-hydroxylation sites is 2. The number of pyridine rings is 1. The van der Waals surface area contributed by atoms with E-state index < -0.39 is 0 Å². The highest BCUT2D eigenvalue weighted by Gasteiger charge is 2.14. The molecule has 5 rings (SSSR count). The minimum atomic E-state index is 0.711. The molecule has 216 valence electrons. The number of hydrogen-bond donors (Lipinski definition) is 0. The number of nitrogens with zero attached hydrogens (tertiary/aromatic N) is 3. The molecule has 0 aliphatic rings. The molecule has 3 aromatic carbocycles. The van der Waals surface area contributed by atoms with E-state index in [1.54, 1.807) is 0 Å². The van der Waals surface area contributed by atoms with Gasteiger partial charge in [0.05, 0.1) is 0 Å². The van der Waals surface area contributed by atoms with Gasteiger partial charge in [0, 0.05) is 52.5 Å². The largest absolute Gasteiger partial charge is 0.332 e. The molecule has 0 spiro atoms. The van der Waals surface area contributed by atoms with Crippen molar-refractivity contribution < 1.29 is 4.79 Å². The van der Waals surface area contributed by atoms with Crippen molar-refractivity contribution in [1.82, 2.24) is 9.55 Å². The number of hydrogen-bond acceptors (Lipinski definition) is 3. The first-order chi connectivity index (χ1) is 20.8. The van der Waals surface area contributed by atoms with Gasteiger partial charge in [-0.2, -0.15) is 0 Å². The highest BCUT2D eigenvalue weighted by Crippen LogP contribution is 2.35. The standard InChI is InChI=1S/C38H43N3O/c1-2-3-4-5-6-7-8-9-10-17-26-40-29-33(30-42)37-27-32(28-39-38(37)40)31-22-24-36(25-23-31)41(34-18-13-11-14-19-34)35-20-15-12-16-21-35/h11-16,18-25,27-30H,2-10,17,26H2,1H3. The first-order valence-electron chi connectivity index (χ1n) is 15.7. The third kappa shape index (κ3) is 7.36. The van der Waals surface area contributed by atoms with Crippen molar-refractivity contribution in [2.75, 3.05) is 4.90 Å². The van der Waals surface area contributed by atoms with Crippen LogP contribution in [0.3, 0.4) is 0 Å². The summed E-state index contributed by atoms with van der Waals surface area (Å²) in [6, 6.07) is 31.5. The van der Waals surface area contributed by atoms with Gasteiger partial charge in [0.15, 0.2) is 6.29 Å². The third-order valence-corrected chi connectivity index (χ3v) is 8.11. The summed E-state index contributed by atoms with van der Waals surface area (Å²) >= 11 is 0. The van der Waals surface area contributed by atoms with Gasteiger partial charge in [-0.15, -0.1) is 0 Å². The Morgan fingerprint density at radius 1 is 0.667 bits per heavy atom. The summed E-state index contributed by atoms with van der Waals surface area (Å²) in [5, 5.41) is 0.925. The first-order valence-corrected chi connectivity index (χ1v) is 15.7. The molecule has 2 aromatic heterocycles. The molecule has 0 atom stereocenters. The number of benzene rings is 3. The van der Waals surface area contributed by atoms with Gasteiger partial charge in [-0.1, -0.05) is 113 Å². The molecule has 0 amide bonds. The topological polar surface area (TPSA) is 38.1 Å². The SMILES string of the molecule is CCCCCCCCCCCCn1cc(C=O)c2cc(-c3ccc(N(c4ccccc4)c4ccccc4)cc3)cnc21. The molecular formula is C38H43N3O. The summed E-state index contributed by atoms with van der Waals surface area (Å²) < 4.78 is 2.16. The molecular weight excluding hydrogens is 514 g/mol. The highest BCUT2D eigenvalue weighted by atomic mass is 16.1. The second kappa shape index (κ2) is 15.2. The van der Waals surface area contributed by atoms with Crippen molar-refractivity contribution in [3.05, 3.63) is 109 Å². The number of aryl methyl sites for hydroxylation is 1. The number of carbonyl (C=O) groups is 1. The minimum absolute atomic E-state index is 0.711. The van der Waals surface area contributed by atoms with Gasteiger partial charge in [0.25, 0.3) is 0 Å². The van der Waals surface area contributed by atoms with Crippen molar-refractivity contribution in [2.24, 2.45) is 0 Å². The quantitative estimate of drug-likeness (QED) is 0.0894. The molecule has 42 heavy (non-hydrogen) atoms. The van der Waals surface area contributed by atoms with Gasteiger partial charge in [0.2, 0.25) is 0 Å². The summed E-state index contributed by atoms with van der Waals surface area (Å²) in [5.41, 5.74) is 7.00. The molecule has 5 aromatic rings. The minimum Gasteiger partial charge on any atom is -0.332 e. The lowest BCUT2D eigenvalue weighted by Crippen LogP contribution is -2.09. The van der Waals surface area contributed by atoms with E-state index in [2.05, 4.69) is 95.3 Å². The van der Waals surface area contributed by atoms with E-state index >= 15 is 0 Å². The maximum atomic E-state index is 12.0. The Hall–Kier alpha value is -4.18. The fraction of sp³-hybridized carbons (Fsp3) is 0.316. The zero-order valence-electron chi connectivity index (χ0n) is 24.9. The van der Waals surface area contributed by atoms with Gasteiger partial charge in [-0.05, 0) is 54.4 Å². The number of rotatable bonds is 16. The van der Waals surface area contributed by atoms with Crippen molar-refractivity contribution in [1.29, 1.82) is 0 Å². The molecule has 0 bridgehead atoms. The predicted octanol–water partition coefficient (Wildman–Crippen LogP) is 10.9. The Morgan fingerprint density at radius 2 is 1.21 bits per heavy atom. The molecule has 0 N–H and O–H groups in total. The molecule has 0 radical (unpaired) electrons. The molecule has 0 fully saturated rings. The smallest absolute Gasteiger partial charge is 0.152 e. The highest BCUT2D eigenvalue weighted by molar-refractivity contribution is 5.97. The second-order valence-corrected chi connectivity index (χ2v) is 11.2. The molecule has 0 saturated carbocycles. The summed E-state index contributed by atoms with van der Waals surface area (Å²) in [5.74, 6) is 0. The van der Waals surface area contributed by atoms with Crippen LogP contribution in [0.1, 0.15) is 81.5 Å². The number of anilines is 3. The number of aldehydes is 1. The molecule has 4 heteroatoms. The number of aromatic nitrogens is 2. The summed E-state index contributed by atoms with van der Waals surface area (Å²) in [7, 11) is 0. The van der Waals surface area contributed by atoms with Gasteiger partial charge in [0.1, 0.15) is 5.65 Å². The van der Waals surface area contributed by atoms with Gasteiger partial charge in [-0.3, -0.25) is 4.79 Å². The van der Waals surface area contributed by atoms with Crippen LogP contribution in [0.5, 0.6) is 0 Å². The molecule has 2 heterocycles. The van der Waals surface area contributed by atoms with Crippen LogP contribution >= 0.6 is 0 Å². The zero-order chi connectivity index (χ0) is 29.0. The number of carbonyl (C=O) groups excluding carboxylic acids is 1. The number of unbranched alkanes of at least 4 members (excludes halogenated alkanes) is 9. The van der Waals surface area contributed by atoms with Crippen LogP contribution in [-0.2, 0) is 6.54 Å². The van der Waals surface area contributed by atoms with Gasteiger partial charge in [-0.25, -0.2) is 4.98 Å². The Kier molecular flexibility index (Phi) is 10.6. The summed E-state index contributed by atoms with van der Waals surface area (Å²) in [4.78, 5) is 19.1. The fourth-order valence-corrected chi connectivity index (χ4v) is 5.79. The van der Waals surface area contributed by atoms with Crippen molar-refractivity contribution in [3.8, 4) is 11.1 Å². The summed E-state index contributed by atoms with van der Waals surface area (Å²) in [6.07, 6.45) is 18.0. The second-order valence-electron chi connectivity index (χ2n) is 11.2. The van der Waals surface area contributed by atoms with Crippen LogP contribution < -0.4 is 4.90 Å². The molecule has 0 aliphatic carbocycles. The van der Waals surface area contributed by atoms with Gasteiger partial charge >= 0.3 is 0 Å². The van der Waals surface area contributed by atoms with Crippen LogP contribution in [0, 0.1) is 0 Å². The average Bonchev–Trinajstić information content (AvgIpc) is 3.40. The Bertz CT molecular complexity index is 1480. The lowest BCUT2D eigenvalue weighted by Gasteiger charge is -2.25. The van der Waals surface area contributed by atoms with Crippen LogP contribution in [0.4, 0.5) is 17.1 Å². The Morgan fingerprint density at radius 3 is 1.79 bits per heavy atom. The predicted molar refractivity (Wildman–Crippen MR) is 177 cm³/mol. The summed E-state index contributed by atoms with van der Waals surface area (Å²) in [6.45, 7) is 3.17.